The average Bonchev–Trinajstić information content (AvgIpc) is 1.35. The van der Waals surface area contributed by atoms with Gasteiger partial charge in [0.15, 0.2) is 5.78 Å². The number of ketones is 1. The number of allylic oxidation sites excluding steroid dienone is 1. The summed E-state index contributed by atoms with van der Waals surface area (Å²) in [5, 5.41) is 6.21. The van der Waals surface area contributed by atoms with Gasteiger partial charge in [-0.1, -0.05) is 0 Å². The molecule has 34 valence electrons. The van der Waals surface area contributed by atoms with Crippen LogP contribution in [-0.2, 0) is 4.79 Å². The number of nitrogens with one attached hydrogen (secondary N) is 1. The number of hydrogen-bond acceptors (Lipinski definition) is 2. The molecule has 1 N–H and O–H groups in total. The predicted octanol–water partition coefficient (Wildman–Crippen LogP) is -2.50. The Kier molecular flexibility index (Phi) is 8.89. The second kappa shape index (κ2) is 6.12. The monoisotopic (exact) mass is 107 g/mol. The number of carbonyl (C=O) groups excluding carboxylic acids is 1. The van der Waals surface area contributed by atoms with E-state index in [2.05, 4.69) is 0 Å². The summed E-state index contributed by atoms with van der Waals surface area (Å²) in [5.41, 5.74) is 0. The molecule has 7 heavy (non-hydrogen) atoms. The minimum Gasteiger partial charge on any atom is -1.00 e. The molecule has 0 amide bonds. The second-order valence-corrected chi connectivity index (χ2v) is 0.899. The molecule has 0 aliphatic rings. The molecular formula is C4H6NNaO. The summed E-state index contributed by atoms with van der Waals surface area (Å²) in [5.74, 6) is 1.71. The Morgan fingerprint density at radius 3 is 2.43 bits per heavy atom. The van der Waals surface area contributed by atoms with Crippen LogP contribution in [0.1, 0.15) is 8.35 Å². The van der Waals surface area contributed by atoms with E-state index in [0.717, 1.165) is 6.08 Å². The van der Waals surface area contributed by atoms with Crippen LogP contribution < -0.4 is 29.6 Å². The van der Waals surface area contributed by atoms with E-state index in [4.69, 9.17) is 5.41 Å². The molecule has 0 bridgehead atoms. The van der Waals surface area contributed by atoms with Crippen molar-refractivity contribution in [2.24, 2.45) is 0 Å². The van der Waals surface area contributed by atoms with Crippen LogP contribution in [-0.4, -0.2) is 11.7 Å². The zero-order chi connectivity index (χ0) is 4.99. The quantitative estimate of drug-likeness (QED) is 0.224. The first-order valence-corrected chi connectivity index (χ1v) is 1.53. The van der Waals surface area contributed by atoms with Crippen molar-refractivity contribution in [3.05, 3.63) is 6.08 Å². The maximum absolute atomic E-state index is 9.81. The molecular weight excluding hydrogens is 101 g/mol. The third-order valence-electron chi connectivity index (χ3n) is 0.275. The zero-order valence-corrected chi connectivity index (χ0v) is 6.49. The molecule has 0 rings (SSSR count). The van der Waals surface area contributed by atoms with Crippen molar-refractivity contribution in [3.63, 3.8) is 0 Å². The molecule has 2 nitrogen and oxygen atoms in total. The molecule has 0 saturated heterocycles. The van der Waals surface area contributed by atoms with Crippen molar-refractivity contribution >= 4 is 11.7 Å². The summed E-state index contributed by atoms with van der Waals surface area (Å²) in [6.45, 7) is 1.38. The molecule has 0 aromatic carbocycles. The van der Waals surface area contributed by atoms with Gasteiger partial charge in [-0.05, 0) is 12.8 Å². The van der Waals surface area contributed by atoms with Crippen molar-refractivity contribution in [1.82, 2.24) is 0 Å². The summed E-state index contributed by atoms with van der Waals surface area (Å²) in [7, 11) is 0. The number of carbonyl (C=O) groups is 1. The van der Waals surface area contributed by atoms with Gasteiger partial charge in [0, 0.05) is 6.08 Å². The van der Waals surface area contributed by atoms with E-state index >= 15 is 0 Å². The Morgan fingerprint density at radius 1 is 2.00 bits per heavy atom. The summed E-state index contributed by atoms with van der Waals surface area (Å²) in [6.07, 6.45) is 1.07. The Bertz CT molecular complexity index is 109. The summed E-state index contributed by atoms with van der Waals surface area (Å²) < 4.78 is 0. The SMILES string of the molecule is CC(=O)C=C=N.[H-].[Na+]. The van der Waals surface area contributed by atoms with Crippen molar-refractivity contribution in [1.29, 1.82) is 5.41 Å². The fourth-order valence-electron chi connectivity index (χ4n) is 0.102. The van der Waals surface area contributed by atoms with Gasteiger partial charge in [-0.25, -0.2) is 0 Å². The van der Waals surface area contributed by atoms with E-state index in [-0.39, 0.29) is 36.8 Å². The minimum absolute atomic E-state index is 0. The number of hydrogen-bond donors (Lipinski definition) is 1. The van der Waals surface area contributed by atoms with Crippen molar-refractivity contribution in [2.45, 2.75) is 6.92 Å². The molecule has 0 heterocycles. The van der Waals surface area contributed by atoms with Gasteiger partial charge in [0.1, 0.15) is 0 Å². The van der Waals surface area contributed by atoms with Crippen LogP contribution >= 0.6 is 0 Å². The topological polar surface area (TPSA) is 40.9 Å². The first kappa shape index (κ1) is 10.2. The third-order valence-corrected chi connectivity index (χ3v) is 0.275. The Labute approximate surface area is 65.9 Å². The van der Waals surface area contributed by atoms with Gasteiger partial charge >= 0.3 is 29.6 Å². The number of rotatable bonds is 1. The molecule has 0 radical (unpaired) electrons. The zero-order valence-electron chi connectivity index (χ0n) is 5.49. The van der Waals surface area contributed by atoms with E-state index < -0.39 is 0 Å². The molecule has 0 fully saturated rings. The van der Waals surface area contributed by atoms with E-state index in [1.54, 1.807) is 0 Å². The van der Waals surface area contributed by atoms with Crippen LogP contribution in [0.2, 0.25) is 0 Å². The molecule has 0 atom stereocenters. The first-order valence-electron chi connectivity index (χ1n) is 1.53. The van der Waals surface area contributed by atoms with Crippen LogP contribution in [0.3, 0.4) is 0 Å². The van der Waals surface area contributed by atoms with Crippen LogP contribution in [0.5, 0.6) is 0 Å². The minimum atomic E-state index is -0.134. The Hall–Kier alpha value is 0.120. The van der Waals surface area contributed by atoms with Crippen LogP contribution in [0, 0.1) is 5.41 Å². The molecule has 0 aliphatic carbocycles. The van der Waals surface area contributed by atoms with Crippen LogP contribution in [0.25, 0.3) is 0 Å². The standard InChI is InChI=1S/C4H5NO.Na.H/c1-4(6)2-3-5;;/h2,5H,1H3;;/q;+1;-1. The van der Waals surface area contributed by atoms with Gasteiger partial charge in [0.2, 0.25) is 0 Å². The van der Waals surface area contributed by atoms with Crippen LogP contribution in [0.4, 0.5) is 0 Å². The van der Waals surface area contributed by atoms with Crippen molar-refractivity contribution in [2.75, 3.05) is 0 Å². The predicted molar refractivity (Wildman–Crippen MR) is 24.1 cm³/mol. The molecule has 0 unspecified atom stereocenters. The largest absolute Gasteiger partial charge is 1.00 e. The maximum atomic E-state index is 9.81. The molecule has 0 saturated carbocycles. The van der Waals surface area contributed by atoms with Gasteiger partial charge < -0.3 is 1.43 Å². The average molecular weight is 107 g/mol. The second-order valence-electron chi connectivity index (χ2n) is 0.899. The van der Waals surface area contributed by atoms with Gasteiger partial charge in [0.05, 0.1) is 0 Å². The molecule has 0 aliphatic heterocycles. The third kappa shape index (κ3) is 10.7. The van der Waals surface area contributed by atoms with Crippen LogP contribution in [0.15, 0.2) is 6.08 Å². The van der Waals surface area contributed by atoms with Crippen molar-refractivity contribution in [3.8, 4) is 0 Å². The smallest absolute Gasteiger partial charge is 1.00 e. The molecule has 0 aromatic rings. The Balaban J connectivity index is -0.000000125. The normalized spacial score (nSPS) is 5.29. The van der Waals surface area contributed by atoms with E-state index in [0.29, 0.717) is 0 Å². The Morgan fingerprint density at radius 2 is 2.43 bits per heavy atom. The van der Waals surface area contributed by atoms with Gasteiger partial charge in [-0.3, -0.25) is 10.2 Å². The van der Waals surface area contributed by atoms with Crippen molar-refractivity contribution < 1.29 is 35.8 Å². The molecule has 0 spiro atoms. The summed E-state index contributed by atoms with van der Waals surface area (Å²) in [4.78, 5) is 9.81. The van der Waals surface area contributed by atoms with E-state index in [9.17, 15) is 4.79 Å². The van der Waals surface area contributed by atoms with Gasteiger partial charge in [-0.15, -0.1) is 0 Å². The molecule has 3 heteroatoms. The molecule has 0 aromatic heterocycles. The van der Waals surface area contributed by atoms with Gasteiger partial charge in [-0.2, -0.15) is 0 Å². The summed E-state index contributed by atoms with van der Waals surface area (Å²) in [6, 6.07) is 0. The van der Waals surface area contributed by atoms with Gasteiger partial charge in [0.25, 0.3) is 0 Å². The fraction of sp³-hybridized carbons (Fsp3) is 0.250. The van der Waals surface area contributed by atoms with E-state index in [1.165, 1.54) is 6.92 Å². The summed E-state index contributed by atoms with van der Waals surface area (Å²) >= 11 is 0. The maximum Gasteiger partial charge on any atom is 1.00 e. The fourth-order valence-corrected chi connectivity index (χ4v) is 0.102. The van der Waals surface area contributed by atoms with E-state index in [1.807, 2.05) is 5.87 Å². The first-order chi connectivity index (χ1) is 2.77.